The molecule has 0 aliphatic rings. The van der Waals surface area contributed by atoms with Crippen molar-refractivity contribution in [1.29, 1.82) is 0 Å². The van der Waals surface area contributed by atoms with Gasteiger partial charge in [-0.3, -0.25) is 4.79 Å². The normalized spacial score (nSPS) is 10.4. The van der Waals surface area contributed by atoms with E-state index in [-0.39, 0.29) is 5.91 Å². The first-order valence-electron chi connectivity index (χ1n) is 5.57. The number of unbranched alkanes of at least 4 members (excludes halogenated alkanes) is 1. The van der Waals surface area contributed by atoms with E-state index in [9.17, 15) is 4.79 Å². The van der Waals surface area contributed by atoms with Crippen molar-refractivity contribution in [2.75, 3.05) is 33.5 Å². The van der Waals surface area contributed by atoms with Crippen LogP contribution < -0.4 is 5.32 Å². The molecule has 96 valence electrons. The molecule has 0 aromatic carbocycles. The Hall–Kier alpha value is -0.980. The molecule has 6 heteroatoms. The van der Waals surface area contributed by atoms with Gasteiger partial charge < -0.3 is 14.8 Å². The number of hydrogen-bond acceptors (Lipinski definition) is 5. The van der Waals surface area contributed by atoms with Crippen LogP contribution in [0.25, 0.3) is 0 Å². The van der Waals surface area contributed by atoms with Gasteiger partial charge in [-0.25, -0.2) is 4.98 Å². The van der Waals surface area contributed by atoms with E-state index in [0.717, 1.165) is 12.8 Å². The van der Waals surface area contributed by atoms with E-state index in [1.165, 1.54) is 11.3 Å². The standard InChI is InChI=1S/C11H18N2O3S/c1-15-6-7-16-5-3-2-4-12-11(14)10-8-17-9-13-10/h8-9H,2-7H2,1H3,(H,12,14). The third kappa shape index (κ3) is 6.35. The Bertz CT molecular complexity index is 304. The summed E-state index contributed by atoms with van der Waals surface area (Å²) in [6.07, 6.45) is 1.84. The van der Waals surface area contributed by atoms with Crippen LogP contribution in [0, 0.1) is 0 Å². The quantitative estimate of drug-likeness (QED) is 0.679. The maximum Gasteiger partial charge on any atom is 0.270 e. The molecular formula is C11H18N2O3S. The van der Waals surface area contributed by atoms with Crippen LogP contribution >= 0.6 is 11.3 Å². The smallest absolute Gasteiger partial charge is 0.270 e. The largest absolute Gasteiger partial charge is 0.382 e. The highest BCUT2D eigenvalue weighted by Gasteiger charge is 2.05. The molecule has 0 atom stereocenters. The van der Waals surface area contributed by atoms with Crippen LogP contribution in [0.15, 0.2) is 10.9 Å². The Kier molecular flexibility index (Phi) is 7.53. The number of nitrogens with zero attached hydrogens (tertiary/aromatic N) is 1. The fourth-order valence-corrected chi connectivity index (χ4v) is 1.72. The average molecular weight is 258 g/mol. The molecule has 1 N–H and O–H groups in total. The van der Waals surface area contributed by atoms with Crippen LogP contribution in [-0.2, 0) is 9.47 Å². The molecular weight excluding hydrogens is 240 g/mol. The van der Waals surface area contributed by atoms with Crippen molar-refractivity contribution in [3.05, 3.63) is 16.6 Å². The molecule has 17 heavy (non-hydrogen) atoms. The van der Waals surface area contributed by atoms with Crippen molar-refractivity contribution in [2.24, 2.45) is 0 Å². The van der Waals surface area contributed by atoms with E-state index >= 15 is 0 Å². The van der Waals surface area contributed by atoms with Crippen LogP contribution in [0.2, 0.25) is 0 Å². The van der Waals surface area contributed by atoms with E-state index in [4.69, 9.17) is 9.47 Å². The van der Waals surface area contributed by atoms with Gasteiger partial charge in [-0.15, -0.1) is 11.3 Å². The summed E-state index contributed by atoms with van der Waals surface area (Å²) in [5.74, 6) is -0.105. The molecule has 1 heterocycles. The van der Waals surface area contributed by atoms with E-state index in [2.05, 4.69) is 10.3 Å². The Morgan fingerprint density at radius 2 is 2.29 bits per heavy atom. The highest BCUT2D eigenvalue weighted by molar-refractivity contribution is 7.07. The zero-order chi connectivity index (χ0) is 12.3. The zero-order valence-electron chi connectivity index (χ0n) is 9.98. The van der Waals surface area contributed by atoms with Crippen molar-refractivity contribution < 1.29 is 14.3 Å². The van der Waals surface area contributed by atoms with Crippen molar-refractivity contribution in [2.45, 2.75) is 12.8 Å². The Morgan fingerprint density at radius 3 is 3.00 bits per heavy atom. The molecule has 5 nitrogen and oxygen atoms in total. The fourth-order valence-electron chi connectivity index (χ4n) is 1.19. The Morgan fingerprint density at radius 1 is 1.41 bits per heavy atom. The Balaban J connectivity index is 1.92. The van der Waals surface area contributed by atoms with Crippen LogP contribution in [0.3, 0.4) is 0 Å². The predicted octanol–water partition coefficient (Wildman–Crippen LogP) is 1.32. The maximum absolute atomic E-state index is 11.5. The Labute approximate surface area is 105 Å². The molecule has 1 rings (SSSR count). The number of amides is 1. The first-order chi connectivity index (χ1) is 8.34. The number of nitrogens with one attached hydrogen (secondary N) is 1. The van der Waals surface area contributed by atoms with Gasteiger partial charge in [-0.05, 0) is 12.8 Å². The van der Waals surface area contributed by atoms with Crippen molar-refractivity contribution in [3.8, 4) is 0 Å². The first-order valence-corrected chi connectivity index (χ1v) is 6.52. The van der Waals surface area contributed by atoms with Gasteiger partial charge in [0.2, 0.25) is 0 Å². The van der Waals surface area contributed by atoms with Crippen molar-refractivity contribution in [1.82, 2.24) is 10.3 Å². The summed E-state index contributed by atoms with van der Waals surface area (Å²) in [7, 11) is 1.65. The SMILES string of the molecule is COCCOCCCCNC(=O)c1cscn1. The minimum atomic E-state index is -0.105. The lowest BCUT2D eigenvalue weighted by Gasteiger charge is -2.04. The minimum absolute atomic E-state index is 0.105. The van der Waals surface area contributed by atoms with Gasteiger partial charge in [0.1, 0.15) is 5.69 Å². The summed E-state index contributed by atoms with van der Waals surface area (Å²) < 4.78 is 10.2. The molecule has 0 saturated carbocycles. The van der Waals surface area contributed by atoms with Gasteiger partial charge in [-0.1, -0.05) is 0 Å². The van der Waals surface area contributed by atoms with E-state index in [1.807, 2.05) is 0 Å². The molecule has 0 spiro atoms. The lowest BCUT2D eigenvalue weighted by molar-refractivity contribution is 0.0686. The monoisotopic (exact) mass is 258 g/mol. The van der Waals surface area contributed by atoms with Gasteiger partial charge in [0.05, 0.1) is 18.7 Å². The zero-order valence-corrected chi connectivity index (χ0v) is 10.8. The molecule has 0 radical (unpaired) electrons. The van der Waals surface area contributed by atoms with Crippen molar-refractivity contribution >= 4 is 17.2 Å². The molecule has 1 amide bonds. The molecule has 0 fully saturated rings. The van der Waals surface area contributed by atoms with Gasteiger partial charge in [0.15, 0.2) is 0 Å². The molecule has 0 bridgehead atoms. The predicted molar refractivity (Wildman–Crippen MR) is 66.4 cm³/mol. The number of rotatable bonds is 9. The lowest BCUT2D eigenvalue weighted by Crippen LogP contribution is -2.24. The molecule has 0 saturated heterocycles. The fraction of sp³-hybridized carbons (Fsp3) is 0.636. The van der Waals surface area contributed by atoms with Gasteiger partial charge >= 0.3 is 0 Å². The third-order valence-corrected chi connectivity index (χ3v) is 2.68. The summed E-state index contributed by atoms with van der Waals surface area (Å²) >= 11 is 1.42. The summed E-state index contributed by atoms with van der Waals surface area (Å²) in [5.41, 5.74) is 2.14. The number of thiazole rings is 1. The van der Waals surface area contributed by atoms with Crippen molar-refractivity contribution in [3.63, 3.8) is 0 Å². The molecule has 0 unspecified atom stereocenters. The molecule has 0 aliphatic carbocycles. The van der Waals surface area contributed by atoms with E-state index < -0.39 is 0 Å². The van der Waals surface area contributed by atoms with Crippen LogP contribution in [0.5, 0.6) is 0 Å². The average Bonchev–Trinajstić information content (AvgIpc) is 2.86. The summed E-state index contributed by atoms with van der Waals surface area (Å²) in [6.45, 7) is 2.61. The second-order valence-corrected chi connectivity index (χ2v) is 4.16. The topological polar surface area (TPSA) is 60.5 Å². The maximum atomic E-state index is 11.5. The highest BCUT2D eigenvalue weighted by atomic mass is 32.1. The van der Waals surface area contributed by atoms with E-state index in [0.29, 0.717) is 32.1 Å². The number of carbonyl (C=O) groups is 1. The minimum Gasteiger partial charge on any atom is -0.382 e. The number of hydrogen-bond donors (Lipinski definition) is 1. The van der Waals surface area contributed by atoms with Crippen LogP contribution in [-0.4, -0.2) is 44.4 Å². The first kappa shape index (κ1) is 14.1. The number of aromatic nitrogens is 1. The number of carbonyl (C=O) groups excluding carboxylic acids is 1. The number of methoxy groups -OCH3 is 1. The van der Waals surface area contributed by atoms with Crippen LogP contribution in [0.4, 0.5) is 0 Å². The van der Waals surface area contributed by atoms with Gasteiger partial charge in [-0.2, -0.15) is 0 Å². The molecule has 1 aromatic heterocycles. The van der Waals surface area contributed by atoms with Crippen LogP contribution in [0.1, 0.15) is 23.3 Å². The summed E-state index contributed by atoms with van der Waals surface area (Å²) in [6, 6.07) is 0. The summed E-state index contributed by atoms with van der Waals surface area (Å²) in [5, 5.41) is 4.55. The van der Waals surface area contributed by atoms with Gasteiger partial charge in [0, 0.05) is 25.6 Å². The van der Waals surface area contributed by atoms with E-state index in [1.54, 1.807) is 18.0 Å². The second kappa shape index (κ2) is 9.09. The highest BCUT2D eigenvalue weighted by Crippen LogP contribution is 2.00. The second-order valence-electron chi connectivity index (χ2n) is 3.44. The molecule has 0 aliphatic heterocycles. The number of ether oxygens (including phenoxy) is 2. The van der Waals surface area contributed by atoms with Gasteiger partial charge in [0.25, 0.3) is 5.91 Å². The summed E-state index contributed by atoms with van der Waals surface area (Å²) in [4.78, 5) is 15.4. The third-order valence-electron chi connectivity index (χ3n) is 2.10. The lowest BCUT2D eigenvalue weighted by atomic mass is 10.3. The molecule has 1 aromatic rings.